The third-order valence-electron chi connectivity index (χ3n) is 2.98. The van der Waals surface area contributed by atoms with Crippen LogP contribution in [0, 0.1) is 0 Å². The minimum absolute atomic E-state index is 0.364. The van der Waals surface area contributed by atoms with Gasteiger partial charge in [0.15, 0.2) is 0 Å². The highest BCUT2D eigenvalue weighted by molar-refractivity contribution is 5.65. The molecule has 0 bridgehead atoms. The molecule has 2 N–H and O–H groups in total. The molecular weight excluding hydrogens is 210 g/mol. The molecule has 0 unspecified atom stereocenters. The second-order valence-corrected chi connectivity index (χ2v) is 4.52. The van der Waals surface area contributed by atoms with Crippen molar-refractivity contribution in [3.05, 3.63) is 36.0 Å². The van der Waals surface area contributed by atoms with Crippen molar-refractivity contribution < 1.29 is 0 Å². The summed E-state index contributed by atoms with van der Waals surface area (Å²) in [6.07, 6.45) is 2.80. The van der Waals surface area contributed by atoms with Gasteiger partial charge in [0.2, 0.25) is 0 Å². The van der Waals surface area contributed by atoms with Gasteiger partial charge in [-0.2, -0.15) is 5.10 Å². The first kappa shape index (κ1) is 11.7. The number of hydrogen-bond acceptors (Lipinski definition) is 2. The Kier molecular flexibility index (Phi) is 3.18. The minimum Gasteiger partial charge on any atom is -0.399 e. The molecule has 0 aliphatic rings. The Morgan fingerprint density at radius 1 is 1.29 bits per heavy atom. The van der Waals surface area contributed by atoms with Gasteiger partial charge in [-0.1, -0.05) is 13.0 Å². The van der Waals surface area contributed by atoms with Gasteiger partial charge < -0.3 is 5.73 Å². The summed E-state index contributed by atoms with van der Waals surface area (Å²) in [6.45, 7) is 6.39. The number of benzene rings is 1. The van der Waals surface area contributed by atoms with E-state index in [2.05, 4.69) is 38.0 Å². The molecule has 0 radical (unpaired) electrons. The molecule has 17 heavy (non-hydrogen) atoms. The normalized spacial score (nSPS) is 11.1. The maximum absolute atomic E-state index is 5.93. The van der Waals surface area contributed by atoms with Gasteiger partial charge in [0.1, 0.15) is 0 Å². The predicted molar refractivity (Wildman–Crippen MR) is 71.8 cm³/mol. The molecule has 0 amide bonds. The van der Waals surface area contributed by atoms with E-state index in [1.54, 1.807) is 0 Å². The second-order valence-electron chi connectivity index (χ2n) is 4.52. The molecule has 3 nitrogen and oxygen atoms in total. The summed E-state index contributed by atoms with van der Waals surface area (Å²) in [4.78, 5) is 0. The summed E-state index contributed by atoms with van der Waals surface area (Å²) in [5.41, 5.74) is 10.3. The third kappa shape index (κ3) is 2.18. The fraction of sp³-hybridized carbons (Fsp3) is 0.357. The number of hydrogen-bond donors (Lipinski definition) is 1. The van der Waals surface area contributed by atoms with Crippen molar-refractivity contribution in [3.63, 3.8) is 0 Å². The maximum atomic E-state index is 5.93. The standard InChI is InChI=1S/C14H19N3/c1-4-11-9-12(5-6-13(11)15)14-7-8-16-17(14)10(2)3/h5-10H,4,15H2,1-3H3. The Balaban J connectivity index is 2.49. The molecule has 2 aromatic rings. The number of nitrogens with zero attached hydrogens (tertiary/aromatic N) is 2. The number of rotatable bonds is 3. The van der Waals surface area contributed by atoms with Gasteiger partial charge in [-0.05, 0) is 44.0 Å². The van der Waals surface area contributed by atoms with Crippen molar-refractivity contribution in [2.75, 3.05) is 5.73 Å². The van der Waals surface area contributed by atoms with Crippen LogP contribution in [-0.4, -0.2) is 9.78 Å². The van der Waals surface area contributed by atoms with Crippen LogP contribution in [0.15, 0.2) is 30.5 Å². The zero-order valence-electron chi connectivity index (χ0n) is 10.6. The highest BCUT2D eigenvalue weighted by Crippen LogP contribution is 2.25. The first-order valence-electron chi connectivity index (χ1n) is 6.05. The lowest BCUT2D eigenvalue weighted by molar-refractivity contribution is 0.538. The van der Waals surface area contributed by atoms with Crippen molar-refractivity contribution in [1.82, 2.24) is 9.78 Å². The Bertz CT molecular complexity index is 512. The molecule has 1 heterocycles. The van der Waals surface area contributed by atoms with E-state index < -0.39 is 0 Å². The van der Waals surface area contributed by atoms with Crippen LogP contribution in [0.25, 0.3) is 11.3 Å². The Morgan fingerprint density at radius 2 is 2.06 bits per heavy atom. The highest BCUT2D eigenvalue weighted by Gasteiger charge is 2.09. The van der Waals surface area contributed by atoms with Crippen LogP contribution >= 0.6 is 0 Å². The second kappa shape index (κ2) is 4.62. The molecule has 0 spiro atoms. The van der Waals surface area contributed by atoms with Crippen LogP contribution in [0.2, 0.25) is 0 Å². The van der Waals surface area contributed by atoms with Crippen LogP contribution in [0.5, 0.6) is 0 Å². The van der Waals surface area contributed by atoms with E-state index >= 15 is 0 Å². The number of aromatic nitrogens is 2. The van der Waals surface area contributed by atoms with Gasteiger partial charge in [0, 0.05) is 23.5 Å². The first-order chi connectivity index (χ1) is 8.13. The van der Waals surface area contributed by atoms with Crippen molar-refractivity contribution in [1.29, 1.82) is 0 Å². The minimum atomic E-state index is 0.364. The zero-order valence-corrected chi connectivity index (χ0v) is 10.6. The summed E-state index contributed by atoms with van der Waals surface area (Å²) >= 11 is 0. The molecule has 0 saturated heterocycles. The fourth-order valence-electron chi connectivity index (χ4n) is 2.03. The number of aryl methyl sites for hydroxylation is 1. The molecule has 1 aromatic heterocycles. The molecule has 3 heteroatoms. The van der Waals surface area contributed by atoms with Crippen molar-refractivity contribution >= 4 is 5.69 Å². The van der Waals surface area contributed by atoms with Crippen LogP contribution in [0.1, 0.15) is 32.4 Å². The van der Waals surface area contributed by atoms with Gasteiger partial charge >= 0.3 is 0 Å². The summed E-state index contributed by atoms with van der Waals surface area (Å²) in [5.74, 6) is 0. The largest absolute Gasteiger partial charge is 0.399 e. The highest BCUT2D eigenvalue weighted by atomic mass is 15.3. The van der Waals surface area contributed by atoms with E-state index in [9.17, 15) is 0 Å². The van der Waals surface area contributed by atoms with Gasteiger partial charge in [-0.25, -0.2) is 0 Å². The average Bonchev–Trinajstić information content (AvgIpc) is 2.78. The SMILES string of the molecule is CCc1cc(-c2ccnn2C(C)C)ccc1N. The quantitative estimate of drug-likeness (QED) is 0.821. The van der Waals surface area contributed by atoms with Gasteiger partial charge in [0.05, 0.1) is 5.69 Å². The van der Waals surface area contributed by atoms with Crippen LogP contribution in [-0.2, 0) is 6.42 Å². The Labute approximate surface area is 102 Å². The van der Waals surface area contributed by atoms with E-state index in [0.717, 1.165) is 17.8 Å². The lowest BCUT2D eigenvalue weighted by atomic mass is 10.0. The number of nitrogens with two attached hydrogens (primary N) is 1. The lowest BCUT2D eigenvalue weighted by Gasteiger charge is -2.12. The number of nitrogen functional groups attached to an aromatic ring is 1. The molecule has 0 fully saturated rings. The van der Waals surface area contributed by atoms with Crippen LogP contribution in [0.3, 0.4) is 0 Å². The van der Waals surface area contributed by atoms with Gasteiger partial charge in [-0.15, -0.1) is 0 Å². The molecule has 0 aliphatic heterocycles. The summed E-state index contributed by atoms with van der Waals surface area (Å²) in [6, 6.07) is 8.61. The van der Waals surface area contributed by atoms with Gasteiger partial charge in [0.25, 0.3) is 0 Å². The van der Waals surface area contributed by atoms with E-state index in [1.807, 2.05) is 23.0 Å². The van der Waals surface area contributed by atoms with E-state index in [4.69, 9.17) is 5.73 Å². The molecule has 1 aromatic carbocycles. The summed E-state index contributed by atoms with van der Waals surface area (Å²) in [5, 5.41) is 4.36. The fourth-order valence-corrected chi connectivity index (χ4v) is 2.03. The maximum Gasteiger partial charge on any atom is 0.0685 e. The van der Waals surface area contributed by atoms with Crippen LogP contribution in [0.4, 0.5) is 5.69 Å². The van der Waals surface area contributed by atoms with E-state index in [-0.39, 0.29) is 0 Å². The monoisotopic (exact) mass is 229 g/mol. The average molecular weight is 229 g/mol. The topological polar surface area (TPSA) is 43.8 Å². The smallest absolute Gasteiger partial charge is 0.0685 e. The molecule has 0 aliphatic carbocycles. The van der Waals surface area contributed by atoms with Crippen LogP contribution < -0.4 is 5.73 Å². The molecule has 2 rings (SSSR count). The van der Waals surface area contributed by atoms with Crippen molar-refractivity contribution in [2.24, 2.45) is 0 Å². The molecular formula is C14H19N3. The zero-order chi connectivity index (χ0) is 12.4. The predicted octanol–water partition coefficient (Wildman–Crippen LogP) is 3.28. The lowest BCUT2D eigenvalue weighted by Crippen LogP contribution is -2.04. The molecule has 0 saturated carbocycles. The van der Waals surface area contributed by atoms with Gasteiger partial charge in [-0.3, -0.25) is 4.68 Å². The Morgan fingerprint density at radius 3 is 2.71 bits per heavy atom. The Hall–Kier alpha value is -1.77. The first-order valence-corrected chi connectivity index (χ1v) is 6.05. The van der Waals surface area contributed by atoms with E-state index in [0.29, 0.717) is 6.04 Å². The van der Waals surface area contributed by atoms with Crippen molar-refractivity contribution in [2.45, 2.75) is 33.2 Å². The number of anilines is 1. The third-order valence-corrected chi connectivity index (χ3v) is 2.98. The molecule has 0 atom stereocenters. The summed E-state index contributed by atoms with van der Waals surface area (Å²) in [7, 11) is 0. The van der Waals surface area contributed by atoms with E-state index in [1.165, 1.54) is 11.1 Å². The summed E-state index contributed by atoms with van der Waals surface area (Å²) < 4.78 is 2.03. The van der Waals surface area contributed by atoms with Crippen molar-refractivity contribution in [3.8, 4) is 11.3 Å². The molecule has 90 valence electrons.